The molecule has 2 aliphatic rings. The number of rotatable bonds is 3. The van der Waals surface area contributed by atoms with Gasteiger partial charge in [-0.1, -0.05) is 6.07 Å². The van der Waals surface area contributed by atoms with Crippen LogP contribution >= 0.6 is 0 Å². The molecule has 2 aromatic heterocycles. The molecule has 7 nitrogen and oxygen atoms in total. The fourth-order valence-electron chi connectivity index (χ4n) is 3.92. The molecule has 2 fully saturated rings. The average Bonchev–Trinajstić information content (AvgIpc) is 3.06. The van der Waals surface area contributed by atoms with Crippen LogP contribution in [0.25, 0.3) is 16.7 Å². The minimum absolute atomic E-state index is 0.0581. The number of aromatic nitrogens is 4. The minimum atomic E-state index is -0.340. The lowest BCUT2D eigenvalue weighted by atomic mass is 9.95. The van der Waals surface area contributed by atoms with Crippen LogP contribution < -0.4 is 10.1 Å². The molecule has 5 rings (SSSR count). The van der Waals surface area contributed by atoms with E-state index in [2.05, 4.69) is 20.4 Å². The van der Waals surface area contributed by atoms with E-state index >= 15 is 0 Å². The van der Waals surface area contributed by atoms with Gasteiger partial charge >= 0.3 is 0 Å². The highest BCUT2D eigenvalue weighted by molar-refractivity contribution is 5.81. The van der Waals surface area contributed by atoms with Crippen LogP contribution in [0, 0.1) is 12.7 Å². The van der Waals surface area contributed by atoms with E-state index in [0.29, 0.717) is 47.9 Å². The maximum absolute atomic E-state index is 14.4. The van der Waals surface area contributed by atoms with Gasteiger partial charge in [-0.15, -0.1) is 0 Å². The van der Waals surface area contributed by atoms with Crippen molar-refractivity contribution < 1.29 is 13.9 Å². The third kappa shape index (κ3) is 3.04. The zero-order valence-electron chi connectivity index (χ0n) is 14.9. The van der Waals surface area contributed by atoms with E-state index in [1.807, 2.05) is 13.0 Å². The molecule has 2 unspecified atom stereocenters. The average molecular weight is 369 g/mol. The quantitative estimate of drug-likeness (QED) is 0.763. The summed E-state index contributed by atoms with van der Waals surface area (Å²) in [6.07, 6.45) is 4.86. The Bertz CT molecular complexity index is 979. The van der Waals surface area contributed by atoms with E-state index in [4.69, 9.17) is 9.47 Å². The van der Waals surface area contributed by atoms with Crippen LogP contribution in [-0.2, 0) is 4.74 Å². The first-order valence-corrected chi connectivity index (χ1v) is 9.13. The molecule has 2 saturated heterocycles. The molecular formula is C19H20FN5O2. The molecule has 1 aromatic carbocycles. The molecule has 0 saturated carbocycles. The molecule has 0 aliphatic carbocycles. The predicted molar refractivity (Wildman–Crippen MR) is 96.5 cm³/mol. The number of piperidine rings is 1. The highest BCUT2D eigenvalue weighted by atomic mass is 19.1. The Morgan fingerprint density at radius 1 is 1.22 bits per heavy atom. The molecule has 0 amide bonds. The Hall–Kier alpha value is -2.58. The summed E-state index contributed by atoms with van der Waals surface area (Å²) in [7, 11) is 0. The summed E-state index contributed by atoms with van der Waals surface area (Å²) in [5, 5.41) is 8.55. The van der Waals surface area contributed by atoms with Crippen molar-refractivity contribution in [2.24, 2.45) is 0 Å². The highest BCUT2D eigenvalue weighted by Crippen LogP contribution is 2.28. The Balaban J connectivity index is 1.47. The van der Waals surface area contributed by atoms with Gasteiger partial charge in [-0.2, -0.15) is 5.10 Å². The smallest absolute Gasteiger partial charge is 0.228 e. The normalized spacial score (nSPS) is 24.9. The molecule has 1 N–H and O–H groups in total. The van der Waals surface area contributed by atoms with E-state index in [1.165, 1.54) is 17.1 Å². The van der Waals surface area contributed by atoms with Crippen molar-refractivity contribution in [1.82, 2.24) is 25.1 Å². The van der Waals surface area contributed by atoms with Crippen molar-refractivity contribution in [3.8, 4) is 11.6 Å². The molecule has 2 atom stereocenters. The van der Waals surface area contributed by atoms with Crippen LogP contribution in [0.5, 0.6) is 5.88 Å². The molecule has 0 radical (unpaired) electrons. The van der Waals surface area contributed by atoms with E-state index in [9.17, 15) is 4.39 Å². The monoisotopic (exact) mass is 369 g/mol. The zero-order valence-corrected chi connectivity index (χ0v) is 14.9. The number of ether oxygens (including phenoxy) is 2. The maximum atomic E-state index is 14.4. The Kier molecular flexibility index (Phi) is 4.02. The fourth-order valence-corrected chi connectivity index (χ4v) is 3.92. The van der Waals surface area contributed by atoms with Crippen molar-refractivity contribution in [2.45, 2.75) is 38.0 Å². The van der Waals surface area contributed by atoms with Crippen LogP contribution in [0.15, 0.2) is 30.7 Å². The zero-order chi connectivity index (χ0) is 18.4. The molecule has 2 aliphatic heterocycles. The SMILES string of the molecule is Cc1ccc(-n2ncc3c(OC4CC5COCC(C4)N5)ncnc32)c(F)c1. The van der Waals surface area contributed by atoms with Gasteiger partial charge in [-0.05, 0) is 24.6 Å². The Morgan fingerprint density at radius 2 is 2.04 bits per heavy atom. The van der Waals surface area contributed by atoms with E-state index < -0.39 is 0 Å². The molecule has 0 spiro atoms. The third-order valence-electron chi connectivity index (χ3n) is 5.14. The first-order valence-electron chi connectivity index (χ1n) is 9.13. The molecule has 8 heteroatoms. The largest absolute Gasteiger partial charge is 0.474 e. The van der Waals surface area contributed by atoms with Crippen molar-refractivity contribution in [3.05, 3.63) is 42.1 Å². The predicted octanol–water partition coefficient (Wildman–Crippen LogP) is 2.16. The van der Waals surface area contributed by atoms with Gasteiger partial charge in [0.1, 0.15) is 29.3 Å². The first kappa shape index (κ1) is 16.6. The number of hydrogen-bond acceptors (Lipinski definition) is 6. The lowest BCUT2D eigenvalue weighted by Gasteiger charge is -2.39. The van der Waals surface area contributed by atoms with Gasteiger partial charge in [0.05, 0.1) is 19.4 Å². The van der Waals surface area contributed by atoms with Gasteiger partial charge in [0, 0.05) is 24.9 Å². The van der Waals surface area contributed by atoms with Crippen molar-refractivity contribution >= 4 is 11.0 Å². The summed E-state index contributed by atoms with van der Waals surface area (Å²) in [5.41, 5.74) is 1.74. The molecule has 140 valence electrons. The second kappa shape index (κ2) is 6.54. The summed E-state index contributed by atoms with van der Waals surface area (Å²) < 4.78 is 27.7. The molecule has 4 heterocycles. The Labute approximate surface area is 155 Å². The van der Waals surface area contributed by atoms with Crippen LogP contribution in [0.1, 0.15) is 18.4 Å². The van der Waals surface area contributed by atoms with E-state index in [1.54, 1.807) is 12.3 Å². The number of fused-ring (bicyclic) bond motifs is 3. The van der Waals surface area contributed by atoms with Crippen LogP contribution in [0.2, 0.25) is 0 Å². The number of benzene rings is 1. The number of nitrogens with one attached hydrogen (secondary N) is 1. The van der Waals surface area contributed by atoms with Gasteiger partial charge in [0.15, 0.2) is 5.65 Å². The minimum Gasteiger partial charge on any atom is -0.474 e. The van der Waals surface area contributed by atoms with Crippen molar-refractivity contribution in [1.29, 1.82) is 0 Å². The standard InChI is InChI=1S/C19H20FN5O2/c1-11-2-3-17(16(20)4-11)25-18-15(7-23-25)19(22-10-21-18)27-14-5-12-8-26-9-13(6-14)24-12/h2-4,7,10,12-14,24H,5-6,8-9H2,1H3. The first-order chi connectivity index (χ1) is 13.2. The van der Waals surface area contributed by atoms with Crippen molar-refractivity contribution in [2.75, 3.05) is 13.2 Å². The molecule has 3 aromatic rings. The summed E-state index contributed by atoms with van der Waals surface area (Å²) in [6, 6.07) is 5.65. The third-order valence-corrected chi connectivity index (χ3v) is 5.14. The van der Waals surface area contributed by atoms with Crippen LogP contribution in [-0.4, -0.2) is 51.1 Å². The lowest BCUT2D eigenvalue weighted by Crippen LogP contribution is -2.56. The summed E-state index contributed by atoms with van der Waals surface area (Å²) in [4.78, 5) is 8.61. The number of morpholine rings is 1. The maximum Gasteiger partial charge on any atom is 0.228 e. The van der Waals surface area contributed by atoms with Gasteiger partial charge in [-0.3, -0.25) is 0 Å². The van der Waals surface area contributed by atoms with E-state index in [0.717, 1.165) is 18.4 Å². The van der Waals surface area contributed by atoms with Crippen molar-refractivity contribution in [3.63, 3.8) is 0 Å². The van der Waals surface area contributed by atoms with Crippen LogP contribution in [0.3, 0.4) is 0 Å². The Morgan fingerprint density at radius 3 is 2.81 bits per heavy atom. The van der Waals surface area contributed by atoms with Gasteiger partial charge in [0.2, 0.25) is 5.88 Å². The fraction of sp³-hybridized carbons (Fsp3) is 0.421. The van der Waals surface area contributed by atoms with Gasteiger partial charge < -0.3 is 14.8 Å². The highest BCUT2D eigenvalue weighted by Gasteiger charge is 2.33. The second-order valence-corrected chi connectivity index (χ2v) is 7.24. The van der Waals surface area contributed by atoms with E-state index in [-0.39, 0.29) is 11.9 Å². The van der Waals surface area contributed by atoms with Gasteiger partial charge in [-0.25, -0.2) is 19.0 Å². The number of aryl methyl sites for hydroxylation is 1. The topological polar surface area (TPSA) is 74.1 Å². The van der Waals surface area contributed by atoms with Gasteiger partial charge in [0.25, 0.3) is 0 Å². The number of hydrogen-bond donors (Lipinski definition) is 1. The second-order valence-electron chi connectivity index (χ2n) is 7.24. The lowest BCUT2D eigenvalue weighted by molar-refractivity contribution is -0.0128. The molecular weight excluding hydrogens is 349 g/mol. The summed E-state index contributed by atoms with van der Waals surface area (Å²) >= 11 is 0. The summed E-state index contributed by atoms with van der Waals surface area (Å²) in [5.74, 6) is 0.150. The number of nitrogens with zero attached hydrogens (tertiary/aromatic N) is 4. The number of halogens is 1. The van der Waals surface area contributed by atoms with Crippen LogP contribution in [0.4, 0.5) is 4.39 Å². The molecule has 2 bridgehead atoms. The molecule has 27 heavy (non-hydrogen) atoms. The summed E-state index contributed by atoms with van der Waals surface area (Å²) in [6.45, 7) is 3.27.